The van der Waals surface area contributed by atoms with Crippen LogP contribution in [0.3, 0.4) is 0 Å². The molecule has 2 aromatic heterocycles. The number of rotatable bonds is 3. The first kappa shape index (κ1) is 19.1. The molecule has 0 saturated carbocycles. The molecular weight excluding hydrogens is 383 g/mol. The van der Waals surface area contributed by atoms with E-state index in [1.165, 1.54) is 0 Å². The number of aromatic nitrogens is 4. The van der Waals surface area contributed by atoms with Gasteiger partial charge in [0.2, 0.25) is 5.95 Å². The van der Waals surface area contributed by atoms with Crippen molar-refractivity contribution in [3.63, 3.8) is 0 Å². The zero-order valence-electron chi connectivity index (χ0n) is 17.1. The minimum Gasteiger partial charge on any atom is -0.507 e. The molecule has 2 aliphatic heterocycles. The smallest absolute Gasteiger partial charge is 0.245 e. The number of nitrogens with one attached hydrogen (secondary N) is 1. The van der Waals surface area contributed by atoms with Gasteiger partial charge in [-0.3, -0.25) is 4.98 Å². The number of benzene rings is 1. The Morgan fingerprint density at radius 1 is 1.23 bits per heavy atom. The van der Waals surface area contributed by atoms with Gasteiger partial charge in [-0.05, 0) is 56.2 Å². The number of hydrogen-bond donors (Lipinski definition) is 2. The van der Waals surface area contributed by atoms with Crippen LogP contribution in [0.1, 0.15) is 32.6 Å². The fraction of sp³-hybridized carbons (Fsp3) is 0.455. The molecule has 4 heterocycles. The summed E-state index contributed by atoms with van der Waals surface area (Å²) in [4.78, 5) is 10.4. The number of hydrogen-bond acceptors (Lipinski definition) is 7. The first-order chi connectivity index (χ1) is 14.4. The molecule has 2 bridgehead atoms. The van der Waals surface area contributed by atoms with Crippen LogP contribution in [-0.2, 0) is 0 Å². The van der Waals surface area contributed by atoms with Crippen molar-refractivity contribution in [2.75, 3.05) is 11.9 Å². The zero-order chi connectivity index (χ0) is 20.9. The van der Waals surface area contributed by atoms with Gasteiger partial charge in [-0.15, -0.1) is 10.2 Å². The average Bonchev–Trinajstić information content (AvgIpc) is 2.75. The predicted octanol–water partition coefficient (Wildman–Crippen LogP) is 3.24. The van der Waals surface area contributed by atoms with E-state index in [2.05, 4.69) is 32.4 Å². The summed E-state index contributed by atoms with van der Waals surface area (Å²) in [6.45, 7) is 2.17. The fourth-order valence-electron chi connectivity index (χ4n) is 4.93. The van der Waals surface area contributed by atoms with Crippen LogP contribution in [0.2, 0.25) is 0 Å². The molecule has 2 aliphatic rings. The molecule has 0 amide bonds. The van der Waals surface area contributed by atoms with E-state index >= 15 is 4.39 Å². The maximum Gasteiger partial charge on any atom is 0.245 e. The van der Waals surface area contributed by atoms with Crippen LogP contribution in [0.4, 0.5) is 10.3 Å². The van der Waals surface area contributed by atoms with Crippen molar-refractivity contribution >= 4 is 16.7 Å². The Balaban J connectivity index is 1.42. The maximum atomic E-state index is 15.2. The second-order valence-electron chi connectivity index (χ2n) is 8.77. The lowest BCUT2D eigenvalue weighted by Gasteiger charge is -2.51. The van der Waals surface area contributed by atoms with Crippen molar-refractivity contribution in [1.82, 2.24) is 25.5 Å². The standard InChI is InChI=1S/C22H25FN6O/c1-22-6-3-4-16(26-22)20(23)18(10-22)29(2)21-25-12-17(27-28-21)15-8-14-11-24-7-5-13(14)9-19(15)30/h5,7-9,11-12,16,18,20,26,30H,3-4,6,10H2,1-2H3/t16?,18-,20-,22-/m1/s1. The van der Waals surface area contributed by atoms with E-state index in [4.69, 9.17) is 0 Å². The number of aromatic hydroxyl groups is 1. The van der Waals surface area contributed by atoms with E-state index in [1.54, 1.807) is 24.7 Å². The van der Waals surface area contributed by atoms with Crippen molar-refractivity contribution in [3.05, 3.63) is 36.8 Å². The van der Waals surface area contributed by atoms with Crippen molar-refractivity contribution in [2.45, 2.75) is 56.4 Å². The average molecular weight is 408 g/mol. The molecule has 2 fully saturated rings. The molecule has 0 radical (unpaired) electrons. The summed E-state index contributed by atoms with van der Waals surface area (Å²) in [6.07, 6.45) is 7.67. The van der Waals surface area contributed by atoms with Gasteiger partial charge in [0.15, 0.2) is 0 Å². The van der Waals surface area contributed by atoms with E-state index < -0.39 is 6.17 Å². The molecule has 5 rings (SSSR count). The first-order valence-corrected chi connectivity index (χ1v) is 10.3. The van der Waals surface area contributed by atoms with Crippen LogP contribution in [0.15, 0.2) is 36.8 Å². The summed E-state index contributed by atoms with van der Waals surface area (Å²) < 4.78 is 15.2. The Hall–Kier alpha value is -2.87. The number of halogens is 1. The van der Waals surface area contributed by atoms with E-state index in [9.17, 15) is 5.11 Å². The first-order valence-electron chi connectivity index (χ1n) is 10.3. The summed E-state index contributed by atoms with van der Waals surface area (Å²) in [5.74, 6) is 0.491. The van der Waals surface area contributed by atoms with Gasteiger partial charge in [-0.2, -0.15) is 0 Å². The van der Waals surface area contributed by atoms with Gasteiger partial charge in [0, 0.05) is 42.0 Å². The molecule has 0 spiro atoms. The van der Waals surface area contributed by atoms with Crippen LogP contribution in [-0.4, -0.2) is 56.1 Å². The fourth-order valence-corrected chi connectivity index (χ4v) is 4.93. The Labute approximate surface area is 174 Å². The Kier molecular flexibility index (Phi) is 4.54. The van der Waals surface area contributed by atoms with Crippen molar-refractivity contribution in [3.8, 4) is 17.0 Å². The highest BCUT2D eigenvalue weighted by atomic mass is 19.1. The van der Waals surface area contributed by atoms with Gasteiger partial charge < -0.3 is 15.3 Å². The second-order valence-corrected chi connectivity index (χ2v) is 8.77. The van der Waals surface area contributed by atoms with Gasteiger partial charge in [0.05, 0.1) is 12.2 Å². The third kappa shape index (κ3) is 3.25. The Bertz CT molecular complexity index is 1080. The zero-order valence-corrected chi connectivity index (χ0v) is 17.1. The lowest BCUT2D eigenvalue weighted by atomic mass is 9.74. The van der Waals surface area contributed by atoms with Gasteiger partial charge in [0.25, 0.3) is 0 Å². The summed E-state index contributed by atoms with van der Waals surface area (Å²) in [5.41, 5.74) is 0.946. The number of pyridine rings is 1. The summed E-state index contributed by atoms with van der Waals surface area (Å²) >= 11 is 0. The topological polar surface area (TPSA) is 87.1 Å². The van der Waals surface area contributed by atoms with Crippen molar-refractivity contribution < 1.29 is 9.50 Å². The number of alkyl halides is 1. The summed E-state index contributed by atoms with van der Waals surface area (Å²) in [5, 5.41) is 24.2. The van der Waals surface area contributed by atoms with Gasteiger partial charge in [-0.25, -0.2) is 9.37 Å². The number of nitrogens with zero attached hydrogens (tertiary/aromatic N) is 5. The number of phenols is 1. The molecule has 2 N–H and O–H groups in total. The van der Waals surface area contributed by atoms with Crippen LogP contribution in [0.25, 0.3) is 22.0 Å². The van der Waals surface area contributed by atoms with Gasteiger partial charge >= 0.3 is 0 Å². The Morgan fingerprint density at radius 3 is 2.90 bits per heavy atom. The number of phenolic OH excluding ortho intramolecular Hbond substituents is 1. The maximum absolute atomic E-state index is 15.2. The monoisotopic (exact) mass is 408 g/mol. The molecule has 156 valence electrons. The molecule has 0 aliphatic carbocycles. The van der Waals surface area contributed by atoms with Gasteiger partial charge in [-0.1, -0.05) is 0 Å². The largest absolute Gasteiger partial charge is 0.507 e. The highest BCUT2D eigenvalue weighted by Gasteiger charge is 2.47. The van der Waals surface area contributed by atoms with Gasteiger partial charge in [0.1, 0.15) is 17.6 Å². The molecular formula is C22H25FN6O. The van der Waals surface area contributed by atoms with Crippen LogP contribution in [0, 0.1) is 0 Å². The lowest BCUT2D eigenvalue weighted by molar-refractivity contribution is 0.0605. The van der Waals surface area contributed by atoms with Crippen molar-refractivity contribution in [2.24, 2.45) is 0 Å². The second kappa shape index (κ2) is 7.12. The highest BCUT2D eigenvalue weighted by Crippen LogP contribution is 2.38. The molecule has 4 atom stereocenters. The van der Waals surface area contributed by atoms with E-state index in [-0.39, 0.29) is 23.4 Å². The van der Waals surface area contributed by atoms with E-state index in [0.717, 1.165) is 30.0 Å². The third-order valence-electron chi connectivity index (χ3n) is 6.58. The molecule has 2 saturated heterocycles. The number of piperidine rings is 2. The molecule has 30 heavy (non-hydrogen) atoms. The van der Waals surface area contributed by atoms with E-state index in [1.807, 2.05) is 24.1 Å². The summed E-state index contributed by atoms with van der Waals surface area (Å²) in [6, 6.07) is 4.91. The normalized spacial score (nSPS) is 28.4. The summed E-state index contributed by atoms with van der Waals surface area (Å²) in [7, 11) is 1.83. The Morgan fingerprint density at radius 2 is 2.10 bits per heavy atom. The number of fused-ring (bicyclic) bond motifs is 3. The van der Waals surface area contributed by atoms with Crippen LogP contribution >= 0.6 is 0 Å². The molecule has 1 unspecified atom stereocenters. The minimum absolute atomic E-state index is 0.0529. The predicted molar refractivity (Wildman–Crippen MR) is 113 cm³/mol. The molecule has 7 nitrogen and oxygen atoms in total. The highest BCUT2D eigenvalue weighted by molar-refractivity contribution is 5.89. The lowest BCUT2D eigenvalue weighted by Crippen LogP contribution is -2.66. The molecule has 1 aromatic carbocycles. The molecule has 3 aromatic rings. The quantitative estimate of drug-likeness (QED) is 0.688. The van der Waals surface area contributed by atoms with Crippen LogP contribution in [0.5, 0.6) is 5.75 Å². The SMILES string of the molecule is CN(c1ncc(-c2cc3cnccc3cc2O)nn1)[C@@H]1C[C@@]2(C)CCCC(N2)[C@H]1F. The van der Waals surface area contributed by atoms with Crippen molar-refractivity contribution in [1.29, 1.82) is 0 Å². The third-order valence-corrected chi connectivity index (χ3v) is 6.58. The molecule has 8 heteroatoms. The minimum atomic E-state index is -0.983. The van der Waals surface area contributed by atoms with E-state index in [0.29, 0.717) is 23.6 Å². The number of anilines is 1. The van der Waals surface area contributed by atoms with Crippen LogP contribution < -0.4 is 10.2 Å².